The van der Waals surface area contributed by atoms with Gasteiger partial charge in [0.2, 0.25) is 5.91 Å². The van der Waals surface area contributed by atoms with Gasteiger partial charge in [-0.2, -0.15) is 5.10 Å². The zero-order valence-corrected chi connectivity index (χ0v) is 16.2. The summed E-state index contributed by atoms with van der Waals surface area (Å²) >= 11 is 0. The maximum Gasteiger partial charge on any atom is 0.271 e. The van der Waals surface area contributed by atoms with E-state index < -0.39 is 0 Å². The zero-order chi connectivity index (χ0) is 19.3. The Morgan fingerprint density at radius 2 is 1.82 bits per heavy atom. The van der Waals surface area contributed by atoms with Gasteiger partial charge >= 0.3 is 0 Å². The second-order valence-corrected chi connectivity index (χ2v) is 7.92. The number of nitrogens with zero attached hydrogens (tertiary/aromatic N) is 2. The molecule has 2 amide bonds. The van der Waals surface area contributed by atoms with Crippen molar-refractivity contribution in [3.63, 3.8) is 0 Å². The normalized spacial score (nSPS) is 20.3. The minimum Gasteiger partial charge on any atom is -0.348 e. The molecule has 0 bridgehead atoms. The first-order chi connectivity index (χ1) is 13.7. The van der Waals surface area contributed by atoms with Crippen molar-refractivity contribution in [1.82, 2.24) is 20.4 Å². The highest BCUT2D eigenvalue weighted by atomic mass is 16.2. The lowest BCUT2D eigenvalue weighted by Crippen LogP contribution is -2.39. The fourth-order valence-corrected chi connectivity index (χ4v) is 4.38. The van der Waals surface area contributed by atoms with Gasteiger partial charge < -0.3 is 10.2 Å². The van der Waals surface area contributed by atoms with Gasteiger partial charge in [-0.25, -0.2) is 0 Å². The Hall–Kier alpha value is -2.63. The molecule has 1 aromatic carbocycles. The molecule has 1 saturated heterocycles. The van der Waals surface area contributed by atoms with Crippen LogP contribution in [0, 0.1) is 0 Å². The first-order valence-electron chi connectivity index (χ1n) is 10.4. The molecular weight excluding hydrogens is 352 g/mol. The Morgan fingerprint density at radius 1 is 1.07 bits per heavy atom. The van der Waals surface area contributed by atoms with Crippen LogP contribution in [0.25, 0.3) is 0 Å². The highest BCUT2D eigenvalue weighted by Crippen LogP contribution is 2.31. The largest absolute Gasteiger partial charge is 0.348 e. The number of hydrogen-bond donors (Lipinski definition) is 2. The lowest BCUT2D eigenvalue weighted by atomic mass is 9.98. The van der Waals surface area contributed by atoms with Crippen LogP contribution in [0.4, 0.5) is 0 Å². The highest BCUT2D eigenvalue weighted by molar-refractivity contribution is 5.92. The maximum absolute atomic E-state index is 12.9. The average molecular weight is 380 g/mol. The number of carbonyl (C=O) groups is 2. The second kappa shape index (κ2) is 8.59. The number of aromatic nitrogens is 2. The fourth-order valence-electron chi connectivity index (χ4n) is 4.38. The molecule has 4 rings (SSSR count). The monoisotopic (exact) mass is 380 g/mol. The molecule has 2 aromatic rings. The minimum atomic E-state index is -0.118. The molecule has 6 heteroatoms. The van der Waals surface area contributed by atoms with E-state index in [9.17, 15) is 9.59 Å². The van der Waals surface area contributed by atoms with E-state index >= 15 is 0 Å². The molecule has 2 aliphatic rings. The van der Waals surface area contributed by atoms with Crippen LogP contribution < -0.4 is 5.32 Å². The van der Waals surface area contributed by atoms with Crippen molar-refractivity contribution in [2.45, 2.75) is 63.5 Å². The van der Waals surface area contributed by atoms with Crippen molar-refractivity contribution in [2.75, 3.05) is 6.54 Å². The third kappa shape index (κ3) is 4.26. The summed E-state index contributed by atoms with van der Waals surface area (Å²) < 4.78 is 0. The molecule has 1 aromatic heterocycles. The summed E-state index contributed by atoms with van der Waals surface area (Å²) in [6.45, 7) is 0.749. The van der Waals surface area contributed by atoms with Crippen molar-refractivity contribution < 1.29 is 9.59 Å². The van der Waals surface area contributed by atoms with Crippen LogP contribution >= 0.6 is 0 Å². The molecule has 148 valence electrons. The molecule has 1 aliphatic carbocycles. The molecule has 0 radical (unpaired) electrons. The highest BCUT2D eigenvalue weighted by Gasteiger charge is 2.30. The first-order valence-corrected chi connectivity index (χ1v) is 10.4. The first kappa shape index (κ1) is 18.7. The van der Waals surface area contributed by atoms with Crippen LogP contribution in [0.1, 0.15) is 72.7 Å². The summed E-state index contributed by atoms with van der Waals surface area (Å²) in [4.78, 5) is 27.4. The van der Waals surface area contributed by atoms with E-state index in [1.807, 2.05) is 41.3 Å². The molecule has 2 fully saturated rings. The molecule has 1 saturated carbocycles. The van der Waals surface area contributed by atoms with Crippen molar-refractivity contribution in [1.29, 1.82) is 0 Å². The van der Waals surface area contributed by atoms with E-state index in [-0.39, 0.29) is 23.9 Å². The van der Waals surface area contributed by atoms with E-state index in [0.29, 0.717) is 12.1 Å². The Labute approximate surface area is 165 Å². The van der Waals surface area contributed by atoms with Crippen LogP contribution in [0.15, 0.2) is 36.4 Å². The van der Waals surface area contributed by atoms with Crippen molar-refractivity contribution in [2.24, 2.45) is 0 Å². The number of piperidine rings is 1. The van der Waals surface area contributed by atoms with Crippen LogP contribution in [0.5, 0.6) is 0 Å². The number of rotatable bonds is 5. The topological polar surface area (TPSA) is 78.1 Å². The summed E-state index contributed by atoms with van der Waals surface area (Å²) in [6.07, 6.45) is 7.84. The lowest BCUT2D eigenvalue weighted by molar-refractivity contribution is -0.134. The Balaban J connectivity index is 1.44. The van der Waals surface area contributed by atoms with Gasteiger partial charge in [-0.3, -0.25) is 14.7 Å². The fraction of sp³-hybridized carbons (Fsp3) is 0.500. The summed E-state index contributed by atoms with van der Waals surface area (Å²) in [5, 5.41) is 10.3. The third-order valence-corrected chi connectivity index (χ3v) is 5.90. The quantitative estimate of drug-likeness (QED) is 0.835. The Bertz CT molecular complexity index is 811. The van der Waals surface area contributed by atoms with E-state index in [1.54, 1.807) is 0 Å². The SMILES string of the molecule is O=C(NC1CCCC1)c1cc([C@@H]2CCCCN2C(=O)Cc2ccccc2)[nH]n1. The Morgan fingerprint density at radius 3 is 2.61 bits per heavy atom. The minimum absolute atomic E-state index is 0.0366. The zero-order valence-electron chi connectivity index (χ0n) is 16.2. The number of nitrogens with one attached hydrogen (secondary N) is 2. The molecule has 28 heavy (non-hydrogen) atoms. The van der Waals surface area contributed by atoms with Gasteiger partial charge in [0, 0.05) is 12.6 Å². The average Bonchev–Trinajstić information content (AvgIpc) is 3.41. The van der Waals surface area contributed by atoms with Crippen LogP contribution in [-0.2, 0) is 11.2 Å². The summed E-state index contributed by atoms with van der Waals surface area (Å²) in [5.74, 6) is 0.00910. The maximum atomic E-state index is 12.9. The van der Waals surface area contributed by atoms with Crippen molar-refractivity contribution in [3.05, 3.63) is 53.3 Å². The van der Waals surface area contributed by atoms with Crippen LogP contribution in [-0.4, -0.2) is 39.5 Å². The molecular formula is C22H28N4O2. The summed E-state index contributed by atoms with van der Waals surface area (Å²) in [5.41, 5.74) is 2.30. The molecule has 0 spiro atoms. The van der Waals surface area contributed by atoms with E-state index in [4.69, 9.17) is 0 Å². The third-order valence-electron chi connectivity index (χ3n) is 5.90. The number of H-pyrrole nitrogens is 1. The lowest BCUT2D eigenvalue weighted by Gasteiger charge is -2.35. The van der Waals surface area contributed by atoms with Crippen LogP contribution in [0.3, 0.4) is 0 Å². The number of hydrogen-bond acceptors (Lipinski definition) is 3. The number of likely N-dealkylation sites (tertiary alicyclic amines) is 1. The predicted molar refractivity (Wildman–Crippen MR) is 107 cm³/mol. The van der Waals surface area contributed by atoms with Gasteiger partial charge in [-0.05, 0) is 43.7 Å². The Kier molecular flexibility index (Phi) is 5.74. The van der Waals surface area contributed by atoms with Gasteiger partial charge in [0.05, 0.1) is 18.2 Å². The molecule has 2 N–H and O–H groups in total. The van der Waals surface area contributed by atoms with Gasteiger partial charge in [0.15, 0.2) is 0 Å². The predicted octanol–water partition coefficient (Wildman–Crippen LogP) is 3.38. The van der Waals surface area contributed by atoms with Gasteiger partial charge in [0.25, 0.3) is 5.91 Å². The second-order valence-electron chi connectivity index (χ2n) is 7.92. The molecule has 1 atom stereocenters. The van der Waals surface area contributed by atoms with E-state index in [2.05, 4.69) is 15.5 Å². The van der Waals surface area contributed by atoms with Crippen molar-refractivity contribution >= 4 is 11.8 Å². The standard InChI is InChI=1S/C22H28N4O2/c27-21(14-16-8-2-1-3-9-16)26-13-7-6-12-20(26)18-15-19(25-24-18)22(28)23-17-10-4-5-11-17/h1-3,8-9,15,17,20H,4-7,10-14H2,(H,23,28)(H,24,25)/t20-/m0/s1. The van der Waals surface area contributed by atoms with E-state index in [0.717, 1.165) is 49.9 Å². The van der Waals surface area contributed by atoms with Crippen molar-refractivity contribution in [3.8, 4) is 0 Å². The van der Waals surface area contributed by atoms with Gasteiger partial charge in [-0.15, -0.1) is 0 Å². The molecule has 0 unspecified atom stereocenters. The number of amides is 2. The van der Waals surface area contributed by atoms with Gasteiger partial charge in [0.1, 0.15) is 5.69 Å². The van der Waals surface area contributed by atoms with Gasteiger partial charge in [-0.1, -0.05) is 43.2 Å². The number of benzene rings is 1. The van der Waals surface area contributed by atoms with Crippen LogP contribution in [0.2, 0.25) is 0 Å². The smallest absolute Gasteiger partial charge is 0.271 e. The number of carbonyl (C=O) groups excluding carboxylic acids is 2. The van der Waals surface area contributed by atoms with E-state index in [1.165, 1.54) is 12.8 Å². The molecule has 1 aliphatic heterocycles. The summed E-state index contributed by atoms with van der Waals surface area (Å²) in [6, 6.07) is 11.9. The number of aromatic amines is 1. The molecule has 6 nitrogen and oxygen atoms in total. The molecule has 2 heterocycles. The summed E-state index contributed by atoms with van der Waals surface area (Å²) in [7, 11) is 0.